The molecule has 1 heterocycles. The van der Waals surface area contributed by atoms with E-state index in [1.807, 2.05) is 66.7 Å². The first-order valence-corrected chi connectivity index (χ1v) is 10.8. The van der Waals surface area contributed by atoms with E-state index in [0.29, 0.717) is 6.42 Å². The number of benzene rings is 3. The van der Waals surface area contributed by atoms with Gasteiger partial charge in [0, 0.05) is 18.0 Å². The number of para-hydroxylation sites is 2. The maximum atomic E-state index is 13.6. The number of Topliss-reactive ketones (excluding diaryl/α,β-unsaturated/α-hetero) is 1. The number of hydrogen-bond donors (Lipinski definition) is 2. The zero-order valence-electron chi connectivity index (χ0n) is 18.2. The van der Waals surface area contributed by atoms with Gasteiger partial charge in [0.25, 0.3) is 0 Å². The number of carbonyl (C=O) groups excluding carboxylic acids is 1. The summed E-state index contributed by atoms with van der Waals surface area (Å²) in [6.07, 6.45) is 2.67. The monoisotopic (exact) mass is 426 g/mol. The quantitative estimate of drug-likeness (QED) is 0.574. The summed E-state index contributed by atoms with van der Waals surface area (Å²) >= 11 is 0. The lowest BCUT2D eigenvalue weighted by Crippen LogP contribution is -2.33. The van der Waals surface area contributed by atoms with E-state index in [9.17, 15) is 4.79 Å². The number of hydrogen-bond acceptors (Lipinski definition) is 5. The van der Waals surface area contributed by atoms with Gasteiger partial charge in [-0.1, -0.05) is 42.5 Å². The second kappa shape index (κ2) is 8.42. The minimum Gasteiger partial charge on any atom is -0.497 e. The van der Waals surface area contributed by atoms with E-state index in [-0.39, 0.29) is 23.7 Å². The Morgan fingerprint density at radius 1 is 0.812 bits per heavy atom. The molecule has 2 N–H and O–H groups in total. The van der Waals surface area contributed by atoms with Crippen molar-refractivity contribution in [3.63, 3.8) is 0 Å². The summed E-state index contributed by atoms with van der Waals surface area (Å²) in [6.45, 7) is 0. The van der Waals surface area contributed by atoms with Gasteiger partial charge in [0.2, 0.25) is 0 Å². The number of anilines is 2. The molecule has 0 bridgehead atoms. The van der Waals surface area contributed by atoms with Crippen LogP contribution in [0.25, 0.3) is 0 Å². The van der Waals surface area contributed by atoms with Crippen molar-refractivity contribution in [2.45, 2.75) is 18.4 Å². The lowest BCUT2D eigenvalue weighted by Gasteiger charge is -2.32. The Balaban J connectivity index is 1.59. The first-order valence-electron chi connectivity index (χ1n) is 10.8. The second-order valence-electron chi connectivity index (χ2n) is 8.22. The molecule has 3 atom stereocenters. The number of ketones is 1. The molecule has 162 valence electrons. The average Bonchev–Trinajstić information content (AvgIpc) is 3.01. The predicted octanol–water partition coefficient (Wildman–Crippen LogP) is 5.54. The fourth-order valence-corrected chi connectivity index (χ4v) is 4.68. The van der Waals surface area contributed by atoms with E-state index in [0.717, 1.165) is 39.7 Å². The summed E-state index contributed by atoms with van der Waals surface area (Å²) in [6, 6.07) is 23.8. The van der Waals surface area contributed by atoms with Crippen molar-refractivity contribution in [3.8, 4) is 11.5 Å². The van der Waals surface area contributed by atoms with Crippen LogP contribution < -0.4 is 20.1 Å². The van der Waals surface area contributed by atoms with Crippen LogP contribution in [0.5, 0.6) is 11.5 Å². The van der Waals surface area contributed by atoms with Crippen LogP contribution in [0.1, 0.15) is 29.5 Å². The number of fused-ring (bicyclic) bond motifs is 2. The van der Waals surface area contributed by atoms with Crippen LogP contribution in [0.2, 0.25) is 0 Å². The standard InChI is InChI=1S/C27H26N2O3/c1-31-20-12-10-17(11-13-20)19-15-24-26(25(30)16-19)27(18-6-5-7-21(14-18)32-2)29-23-9-4-3-8-22(23)28-24/h3-15,19,26-29H,16H2,1-2H3. The van der Waals surface area contributed by atoms with Gasteiger partial charge >= 0.3 is 0 Å². The number of allylic oxidation sites excluding steroid dienone is 1. The van der Waals surface area contributed by atoms with Gasteiger partial charge in [-0.05, 0) is 47.5 Å². The molecule has 0 saturated carbocycles. The summed E-state index contributed by atoms with van der Waals surface area (Å²) in [4.78, 5) is 13.6. The van der Waals surface area contributed by atoms with Gasteiger partial charge in [0.1, 0.15) is 17.3 Å². The molecule has 0 fully saturated rings. The van der Waals surface area contributed by atoms with Crippen LogP contribution >= 0.6 is 0 Å². The van der Waals surface area contributed by atoms with E-state index < -0.39 is 0 Å². The number of nitrogens with one attached hydrogen (secondary N) is 2. The van der Waals surface area contributed by atoms with Gasteiger partial charge in [-0.2, -0.15) is 0 Å². The number of rotatable bonds is 4. The van der Waals surface area contributed by atoms with Crippen molar-refractivity contribution in [1.82, 2.24) is 0 Å². The number of methoxy groups -OCH3 is 2. The third kappa shape index (κ3) is 3.71. The second-order valence-corrected chi connectivity index (χ2v) is 8.22. The molecule has 0 aromatic heterocycles. The number of carbonyl (C=O) groups is 1. The maximum Gasteiger partial charge on any atom is 0.145 e. The lowest BCUT2D eigenvalue weighted by molar-refractivity contribution is -0.122. The van der Waals surface area contributed by atoms with Crippen LogP contribution in [0.4, 0.5) is 11.4 Å². The molecule has 0 amide bonds. The Bertz CT molecular complexity index is 1170. The molecule has 5 nitrogen and oxygen atoms in total. The Hall–Kier alpha value is -3.73. The van der Waals surface area contributed by atoms with Gasteiger partial charge in [-0.3, -0.25) is 4.79 Å². The zero-order valence-corrected chi connectivity index (χ0v) is 18.2. The van der Waals surface area contributed by atoms with Gasteiger partial charge in [0.15, 0.2) is 0 Å². The molecule has 1 aliphatic carbocycles. The Labute approximate surface area is 188 Å². The van der Waals surface area contributed by atoms with Crippen molar-refractivity contribution >= 4 is 17.2 Å². The minimum absolute atomic E-state index is 0.0170. The van der Waals surface area contributed by atoms with Crippen molar-refractivity contribution < 1.29 is 14.3 Å². The van der Waals surface area contributed by atoms with Crippen LogP contribution in [0.15, 0.2) is 84.6 Å². The predicted molar refractivity (Wildman–Crippen MR) is 126 cm³/mol. The third-order valence-electron chi connectivity index (χ3n) is 6.33. The van der Waals surface area contributed by atoms with Gasteiger partial charge < -0.3 is 20.1 Å². The molecule has 3 aromatic carbocycles. The topological polar surface area (TPSA) is 59.6 Å². The van der Waals surface area contributed by atoms with Gasteiger partial charge in [-0.25, -0.2) is 0 Å². The highest BCUT2D eigenvalue weighted by Gasteiger charge is 2.39. The third-order valence-corrected chi connectivity index (χ3v) is 6.33. The van der Waals surface area contributed by atoms with Gasteiger partial charge in [-0.15, -0.1) is 0 Å². The molecule has 5 rings (SSSR count). The van der Waals surface area contributed by atoms with Crippen LogP contribution in [0.3, 0.4) is 0 Å². The van der Waals surface area contributed by atoms with Crippen LogP contribution in [-0.4, -0.2) is 20.0 Å². The van der Waals surface area contributed by atoms with Crippen LogP contribution in [-0.2, 0) is 4.79 Å². The summed E-state index contributed by atoms with van der Waals surface area (Å²) in [7, 11) is 3.32. The van der Waals surface area contributed by atoms with Crippen molar-refractivity contribution in [3.05, 3.63) is 95.7 Å². The zero-order chi connectivity index (χ0) is 22.1. The molecule has 2 aliphatic rings. The first-order chi connectivity index (χ1) is 15.7. The van der Waals surface area contributed by atoms with Crippen molar-refractivity contribution in [1.29, 1.82) is 0 Å². The maximum absolute atomic E-state index is 13.6. The molecule has 1 aliphatic heterocycles. The lowest BCUT2D eigenvalue weighted by atomic mass is 9.76. The molecular weight excluding hydrogens is 400 g/mol. The Morgan fingerprint density at radius 2 is 1.56 bits per heavy atom. The summed E-state index contributed by atoms with van der Waals surface area (Å²) in [5.41, 5.74) is 5.01. The van der Waals surface area contributed by atoms with E-state index in [2.05, 4.69) is 22.8 Å². The molecule has 3 aromatic rings. The molecule has 32 heavy (non-hydrogen) atoms. The van der Waals surface area contributed by atoms with E-state index in [4.69, 9.17) is 9.47 Å². The SMILES string of the molecule is COc1ccc(C2C=C3Nc4ccccc4NC(c4cccc(OC)c4)C3C(=O)C2)cc1. The fraction of sp³-hybridized carbons (Fsp3) is 0.222. The highest BCUT2D eigenvalue weighted by molar-refractivity contribution is 5.90. The summed E-state index contributed by atoms with van der Waals surface area (Å²) in [5.74, 6) is 1.50. The minimum atomic E-state index is -0.316. The molecule has 5 heteroatoms. The van der Waals surface area contributed by atoms with Crippen molar-refractivity contribution in [2.75, 3.05) is 24.9 Å². The fourth-order valence-electron chi connectivity index (χ4n) is 4.68. The highest BCUT2D eigenvalue weighted by atomic mass is 16.5. The van der Waals surface area contributed by atoms with E-state index in [1.165, 1.54) is 0 Å². The first kappa shape index (κ1) is 20.2. The largest absolute Gasteiger partial charge is 0.497 e. The Morgan fingerprint density at radius 3 is 2.31 bits per heavy atom. The molecule has 0 radical (unpaired) electrons. The average molecular weight is 427 g/mol. The van der Waals surface area contributed by atoms with Crippen molar-refractivity contribution in [2.24, 2.45) is 5.92 Å². The van der Waals surface area contributed by atoms with Crippen LogP contribution in [0, 0.1) is 5.92 Å². The molecule has 0 spiro atoms. The number of ether oxygens (including phenoxy) is 2. The molecule has 3 unspecified atom stereocenters. The highest BCUT2D eigenvalue weighted by Crippen LogP contribution is 2.44. The smallest absolute Gasteiger partial charge is 0.145 e. The van der Waals surface area contributed by atoms with E-state index in [1.54, 1.807) is 14.2 Å². The van der Waals surface area contributed by atoms with E-state index >= 15 is 0 Å². The summed E-state index contributed by atoms with van der Waals surface area (Å²) in [5, 5.41) is 7.19. The Kier molecular flexibility index (Phi) is 5.31. The summed E-state index contributed by atoms with van der Waals surface area (Å²) < 4.78 is 10.7. The molecular formula is C27H26N2O3. The molecule has 0 saturated heterocycles. The van der Waals surface area contributed by atoms with Gasteiger partial charge in [0.05, 0.1) is 37.6 Å². The normalized spacial score (nSPS) is 21.8.